The molecule has 1 aliphatic rings. The summed E-state index contributed by atoms with van der Waals surface area (Å²) in [6, 6.07) is 7.40. The molecular formula is C16H14ClN3O4S. The predicted octanol–water partition coefficient (Wildman–Crippen LogP) is 2.36. The molecular weight excluding hydrogens is 366 g/mol. The Labute approximate surface area is 149 Å². The lowest BCUT2D eigenvalue weighted by atomic mass is 10.1. The zero-order chi connectivity index (χ0) is 18.2. The van der Waals surface area contributed by atoms with Gasteiger partial charge in [-0.2, -0.15) is 0 Å². The molecule has 25 heavy (non-hydrogen) atoms. The van der Waals surface area contributed by atoms with Gasteiger partial charge >= 0.3 is 0 Å². The maximum Gasteiger partial charge on any atom is 0.257 e. The molecule has 0 saturated carbocycles. The number of aromatic nitrogens is 1. The molecule has 1 aliphatic heterocycles. The fourth-order valence-corrected chi connectivity index (χ4v) is 4.16. The number of rotatable bonds is 3. The van der Waals surface area contributed by atoms with Crippen molar-refractivity contribution in [3.8, 4) is 0 Å². The van der Waals surface area contributed by atoms with Gasteiger partial charge < -0.3 is 5.32 Å². The Morgan fingerprint density at radius 3 is 2.68 bits per heavy atom. The Bertz CT molecular complexity index is 975. The van der Waals surface area contributed by atoms with E-state index in [-0.39, 0.29) is 28.4 Å². The lowest BCUT2D eigenvalue weighted by molar-refractivity contribution is -0.116. The lowest BCUT2D eigenvalue weighted by Gasteiger charge is -2.16. The topological polar surface area (TPSA) is 96.4 Å². The second-order valence-electron chi connectivity index (χ2n) is 5.53. The van der Waals surface area contributed by atoms with Gasteiger partial charge in [0, 0.05) is 24.0 Å². The third-order valence-corrected chi connectivity index (χ3v) is 5.68. The fourth-order valence-electron chi connectivity index (χ4n) is 2.50. The standard InChI is InChI=1S/C16H14ClN3O4S/c1-10-8-11(4-6-18-10)19-16(22)13-9-12(2-3-14(13)17)20-15(21)5-7-25(20,23)24/h2-4,6,8-9H,5,7H2,1H3,(H,18,19,22). The van der Waals surface area contributed by atoms with Crippen LogP contribution in [-0.2, 0) is 14.8 Å². The summed E-state index contributed by atoms with van der Waals surface area (Å²) < 4.78 is 24.8. The molecule has 3 rings (SSSR count). The first kappa shape index (κ1) is 17.4. The van der Waals surface area contributed by atoms with Crippen LogP contribution in [0.5, 0.6) is 0 Å². The number of carbonyl (C=O) groups is 2. The summed E-state index contributed by atoms with van der Waals surface area (Å²) in [6.45, 7) is 1.78. The molecule has 1 fully saturated rings. The number of hydrogen-bond acceptors (Lipinski definition) is 5. The van der Waals surface area contributed by atoms with E-state index < -0.39 is 21.8 Å². The van der Waals surface area contributed by atoms with E-state index in [1.54, 1.807) is 25.3 Å². The van der Waals surface area contributed by atoms with Crippen molar-refractivity contribution in [3.63, 3.8) is 0 Å². The van der Waals surface area contributed by atoms with E-state index in [1.165, 1.54) is 18.2 Å². The highest BCUT2D eigenvalue weighted by molar-refractivity contribution is 7.94. The number of pyridine rings is 1. The number of benzene rings is 1. The van der Waals surface area contributed by atoms with Crippen molar-refractivity contribution in [2.75, 3.05) is 15.4 Å². The van der Waals surface area contributed by atoms with Gasteiger partial charge in [-0.1, -0.05) is 11.6 Å². The molecule has 0 bridgehead atoms. The molecule has 1 saturated heterocycles. The Balaban J connectivity index is 1.94. The molecule has 0 unspecified atom stereocenters. The second kappa shape index (κ2) is 6.45. The van der Waals surface area contributed by atoms with E-state index in [0.29, 0.717) is 5.69 Å². The number of hydrogen-bond donors (Lipinski definition) is 1. The second-order valence-corrected chi connectivity index (χ2v) is 7.87. The van der Waals surface area contributed by atoms with Gasteiger partial charge in [-0.15, -0.1) is 0 Å². The van der Waals surface area contributed by atoms with Crippen molar-refractivity contribution < 1.29 is 18.0 Å². The van der Waals surface area contributed by atoms with Gasteiger partial charge in [0.05, 0.1) is 22.0 Å². The third kappa shape index (κ3) is 3.49. The molecule has 9 heteroatoms. The number of carbonyl (C=O) groups excluding carboxylic acids is 2. The summed E-state index contributed by atoms with van der Waals surface area (Å²) in [7, 11) is -3.71. The molecule has 1 aromatic heterocycles. The van der Waals surface area contributed by atoms with Crippen molar-refractivity contribution in [1.82, 2.24) is 4.98 Å². The predicted molar refractivity (Wildman–Crippen MR) is 94.3 cm³/mol. The number of nitrogens with one attached hydrogen (secondary N) is 1. The molecule has 2 amide bonds. The SMILES string of the molecule is Cc1cc(NC(=O)c2cc(N3C(=O)CCS3(=O)=O)ccc2Cl)ccn1. The zero-order valence-electron chi connectivity index (χ0n) is 13.2. The van der Waals surface area contributed by atoms with Crippen LogP contribution in [0, 0.1) is 6.92 Å². The molecule has 0 aliphatic carbocycles. The zero-order valence-corrected chi connectivity index (χ0v) is 14.8. The van der Waals surface area contributed by atoms with Crippen molar-refractivity contribution in [2.45, 2.75) is 13.3 Å². The Morgan fingerprint density at radius 1 is 1.28 bits per heavy atom. The first-order valence-electron chi connectivity index (χ1n) is 7.37. The van der Waals surface area contributed by atoms with Crippen LogP contribution in [0.15, 0.2) is 36.5 Å². The summed E-state index contributed by atoms with van der Waals surface area (Å²) in [5.41, 5.74) is 1.43. The highest BCUT2D eigenvalue weighted by atomic mass is 35.5. The summed E-state index contributed by atoms with van der Waals surface area (Å²) in [6.07, 6.45) is 1.47. The molecule has 0 radical (unpaired) electrons. The van der Waals surface area contributed by atoms with Gasteiger partial charge in [-0.25, -0.2) is 12.7 Å². The molecule has 0 atom stereocenters. The van der Waals surface area contributed by atoms with Crippen LogP contribution in [-0.4, -0.2) is 31.0 Å². The van der Waals surface area contributed by atoms with E-state index in [9.17, 15) is 18.0 Å². The first-order valence-corrected chi connectivity index (χ1v) is 9.36. The molecule has 2 heterocycles. The van der Waals surface area contributed by atoms with E-state index in [4.69, 9.17) is 11.6 Å². The molecule has 1 aromatic carbocycles. The van der Waals surface area contributed by atoms with E-state index >= 15 is 0 Å². The normalized spacial score (nSPS) is 16.1. The maximum atomic E-state index is 12.5. The third-order valence-electron chi connectivity index (χ3n) is 3.66. The average molecular weight is 380 g/mol. The summed E-state index contributed by atoms with van der Waals surface area (Å²) in [5, 5.41) is 2.82. The minimum absolute atomic E-state index is 0.0727. The van der Waals surface area contributed by atoms with Crippen molar-refractivity contribution in [1.29, 1.82) is 0 Å². The first-order chi connectivity index (χ1) is 11.8. The van der Waals surface area contributed by atoms with Gasteiger partial charge in [0.2, 0.25) is 15.9 Å². The van der Waals surface area contributed by atoms with Crippen molar-refractivity contribution >= 4 is 44.8 Å². The number of aryl methyl sites for hydroxylation is 1. The Kier molecular flexibility index (Phi) is 4.49. The minimum atomic E-state index is -3.71. The van der Waals surface area contributed by atoms with E-state index in [1.807, 2.05) is 0 Å². The smallest absolute Gasteiger partial charge is 0.257 e. The summed E-state index contributed by atoms with van der Waals surface area (Å²) in [4.78, 5) is 28.4. The van der Waals surface area contributed by atoms with E-state index in [2.05, 4.69) is 10.3 Å². The van der Waals surface area contributed by atoms with Gasteiger partial charge in [0.1, 0.15) is 0 Å². The van der Waals surface area contributed by atoms with Crippen LogP contribution in [0.3, 0.4) is 0 Å². The fraction of sp³-hybridized carbons (Fsp3) is 0.188. The highest BCUT2D eigenvalue weighted by Gasteiger charge is 2.36. The van der Waals surface area contributed by atoms with Crippen LogP contribution in [0.4, 0.5) is 11.4 Å². The van der Waals surface area contributed by atoms with Crippen molar-refractivity contribution in [2.24, 2.45) is 0 Å². The summed E-state index contributed by atoms with van der Waals surface area (Å²) >= 11 is 6.08. The molecule has 130 valence electrons. The molecule has 1 N–H and O–H groups in total. The highest BCUT2D eigenvalue weighted by Crippen LogP contribution is 2.29. The van der Waals surface area contributed by atoms with Gasteiger partial charge in [-0.05, 0) is 37.3 Å². The Hall–Kier alpha value is -2.45. The maximum absolute atomic E-state index is 12.5. The van der Waals surface area contributed by atoms with E-state index in [0.717, 1.165) is 10.00 Å². The Morgan fingerprint density at radius 2 is 2.04 bits per heavy atom. The average Bonchev–Trinajstić information content (AvgIpc) is 2.81. The van der Waals surface area contributed by atoms with Crippen LogP contribution < -0.4 is 9.62 Å². The van der Waals surface area contributed by atoms with Crippen molar-refractivity contribution in [3.05, 3.63) is 52.8 Å². The minimum Gasteiger partial charge on any atom is -0.322 e. The van der Waals surface area contributed by atoms with Crippen LogP contribution in [0.1, 0.15) is 22.5 Å². The molecule has 2 aromatic rings. The monoisotopic (exact) mass is 379 g/mol. The molecule has 7 nitrogen and oxygen atoms in total. The van der Waals surface area contributed by atoms with Crippen LogP contribution >= 0.6 is 11.6 Å². The van der Waals surface area contributed by atoms with Gasteiger partial charge in [-0.3, -0.25) is 14.6 Å². The number of anilines is 2. The number of halogens is 1. The summed E-state index contributed by atoms with van der Waals surface area (Å²) in [5.74, 6) is -1.29. The number of nitrogens with zero attached hydrogens (tertiary/aromatic N) is 2. The number of sulfonamides is 1. The number of amides is 2. The molecule has 0 spiro atoms. The van der Waals surface area contributed by atoms with Gasteiger partial charge in [0.15, 0.2) is 0 Å². The largest absolute Gasteiger partial charge is 0.322 e. The lowest BCUT2D eigenvalue weighted by Crippen LogP contribution is -2.29. The van der Waals surface area contributed by atoms with Gasteiger partial charge in [0.25, 0.3) is 5.91 Å². The van der Waals surface area contributed by atoms with Crippen LogP contribution in [0.25, 0.3) is 0 Å². The quantitative estimate of drug-likeness (QED) is 0.883. The van der Waals surface area contributed by atoms with Crippen LogP contribution in [0.2, 0.25) is 5.02 Å².